The van der Waals surface area contributed by atoms with Gasteiger partial charge in [0.05, 0.1) is 26.2 Å². The van der Waals surface area contributed by atoms with Crippen molar-refractivity contribution in [1.82, 2.24) is 0 Å². The molecule has 0 aromatic rings. The third-order valence-electron chi connectivity index (χ3n) is 2.20. The molecule has 98 valence electrons. The number of cyclic esters (lactones) is 2. The quantitative estimate of drug-likeness (QED) is 0.316. The van der Waals surface area contributed by atoms with Gasteiger partial charge in [0.2, 0.25) is 0 Å². The second-order valence-electron chi connectivity index (χ2n) is 3.80. The molecule has 0 amide bonds. The highest BCUT2D eigenvalue weighted by Gasteiger charge is 2.25. The Morgan fingerprint density at radius 3 is 2.39 bits per heavy atom. The summed E-state index contributed by atoms with van der Waals surface area (Å²) in [6, 6.07) is 0. The van der Waals surface area contributed by atoms with E-state index >= 15 is 0 Å². The van der Waals surface area contributed by atoms with Crippen molar-refractivity contribution < 1.29 is 28.6 Å². The first-order chi connectivity index (χ1) is 8.43. The SMILES string of the molecule is C=C(CC1CO1)C(=O)OC.C=C1CC(=O)OC1=O. The summed E-state index contributed by atoms with van der Waals surface area (Å²) in [6.07, 6.45) is 0.873. The third kappa shape index (κ3) is 4.50. The van der Waals surface area contributed by atoms with Crippen molar-refractivity contribution >= 4 is 17.9 Å². The molecular weight excluding hydrogens is 240 g/mol. The van der Waals surface area contributed by atoms with Crippen molar-refractivity contribution in [1.29, 1.82) is 0 Å². The molecule has 0 N–H and O–H groups in total. The molecule has 2 aliphatic heterocycles. The second-order valence-corrected chi connectivity index (χ2v) is 3.80. The van der Waals surface area contributed by atoms with E-state index in [1.807, 2.05) is 0 Å². The Morgan fingerprint density at radius 2 is 2.11 bits per heavy atom. The van der Waals surface area contributed by atoms with E-state index in [0.717, 1.165) is 6.61 Å². The maximum Gasteiger partial charge on any atom is 0.341 e. The first-order valence-electron chi connectivity index (χ1n) is 5.24. The zero-order valence-corrected chi connectivity index (χ0v) is 10.1. The van der Waals surface area contributed by atoms with Gasteiger partial charge in [0, 0.05) is 17.6 Å². The van der Waals surface area contributed by atoms with Crippen LogP contribution >= 0.6 is 0 Å². The van der Waals surface area contributed by atoms with Gasteiger partial charge in [-0.25, -0.2) is 9.59 Å². The average molecular weight is 254 g/mol. The van der Waals surface area contributed by atoms with E-state index < -0.39 is 11.9 Å². The van der Waals surface area contributed by atoms with Crippen LogP contribution in [0.5, 0.6) is 0 Å². The molecule has 0 aliphatic carbocycles. The smallest absolute Gasteiger partial charge is 0.341 e. The fourth-order valence-electron chi connectivity index (χ4n) is 1.15. The van der Waals surface area contributed by atoms with E-state index in [2.05, 4.69) is 22.6 Å². The van der Waals surface area contributed by atoms with Crippen molar-refractivity contribution in [2.75, 3.05) is 13.7 Å². The van der Waals surface area contributed by atoms with Crippen LogP contribution in [0.3, 0.4) is 0 Å². The molecule has 6 nitrogen and oxygen atoms in total. The summed E-state index contributed by atoms with van der Waals surface area (Å²) in [4.78, 5) is 31.1. The number of carbonyl (C=O) groups is 3. The van der Waals surface area contributed by atoms with Crippen LogP contribution in [0.25, 0.3) is 0 Å². The summed E-state index contributed by atoms with van der Waals surface area (Å²) in [5.41, 5.74) is 0.736. The molecule has 6 heteroatoms. The Bertz CT molecular complexity index is 387. The molecule has 0 aromatic heterocycles. The standard InChI is InChI=1S/C7H10O3.C5H4O3/c1-5(7(8)9-2)3-6-4-10-6;1-3-2-4(6)8-5(3)7/h6H,1,3-4H2,2H3;1-2H2. The molecular formula is C12H14O6. The third-order valence-corrected chi connectivity index (χ3v) is 2.20. The molecule has 0 saturated carbocycles. The van der Waals surface area contributed by atoms with Crippen LogP contribution in [0.15, 0.2) is 24.3 Å². The van der Waals surface area contributed by atoms with Crippen LogP contribution in [-0.2, 0) is 28.6 Å². The van der Waals surface area contributed by atoms with Crippen LogP contribution in [0.2, 0.25) is 0 Å². The Labute approximate surface area is 104 Å². The minimum atomic E-state index is -0.588. The van der Waals surface area contributed by atoms with Crippen LogP contribution in [-0.4, -0.2) is 37.7 Å². The molecule has 2 rings (SSSR count). The first-order valence-corrected chi connectivity index (χ1v) is 5.24. The lowest BCUT2D eigenvalue weighted by atomic mass is 10.2. The average Bonchev–Trinajstić information content (AvgIpc) is 3.07. The maximum atomic E-state index is 10.7. The lowest BCUT2D eigenvalue weighted by Crippen LogP contribution is -2.05. The van der Waals surface area contributed by atoms with Crippen molar-refractivity contribution in [3.05, 3.63) is 24.3 Å². The molecule has 0 aromatic carbocycles. The molecule has 2 saturated heterocycles. The minimum absolute atomic E-state index is 0.0544. The van der Waals surface area contributed by atoms with Gasteiger partial charge in [0.15, 0.2) is 0 Å². The van der Waals surface area contributed by atoms with Crippen LogP contribution < -0.4 is 0 Å². The summed E-state index contributed by atoms with van der Waals surface area (Å²) < 4.78 is 13.4. The van der Waals surface area contributed by atoms with Gasteiger partial charge in [-0.15, -0.1) is 0 Å². The Morgan fingerprint density at radius 1 is 1.50 bits per heavy atom. The number of epoxide rings is 1. The van der Waals surface area contributed by atoms with Crippen molar-refractivity contribution in [2.45, 2.75) is 18.9 Å². The van der Waals surface area contributed by atoms with E-state index in [4.69, 9.17) is 4.74 Å². The maximum absolute atomic E-state index is 10.7. The normalized spacial score (nSPS) is 20.7. The van der Waals surface area contributed by atoms with Crippen molar-refractivity contribution in [2.24, 2.45) is 0 Å². The number of rotatable bonds is 3. The van der Waals surface area contributed by atoms with Gasteiger partial charge < -0.3 is 14.2 Å². The second kappa shape index (κ2) is 6.11. The number of esters is 3. The van der Waals surface area contributed by atoms with E-state index in [9.17, 15) is 14.4 Å². The molecule has 2 aliphatic rings. The lowest BCUT2D eigenvalue weighted by Gasteiger charge is -1.98. The highest BCUT2D eigenvalue weighted by Crippen LogP contribution is 2.18. The fraction of sp³-hybridized carbons (Fsp3) is 0.417. The van der Waals surface area contributed by atoms with E-state index in [1.54, 1.807) is 0 Å². The molecule has 1 unspecified atom stereocenters. The summed E-state index contributed by atoms with van der Waals surface area (Å²) in [6.45, 7) is 7.59. The summed E-state index contributed by atoms with van der Waals surface area (Å²) in [7, 11) is 1.35. The highest BCUT2D eigenvalue weighted by molar-refractivity contribution is 6.05. The molecule has 18 heavy (non-hydrogen) atoms. The van der Waals surface area contributed by atoms with Crippen LogP contribution in [0.4, 0.5) is 0 Å². The van der Waals surface area contributed by atoms with Gasteiger partial charge in [-0.05, 0) is 0 Å². The number of carbonyl (C=O) groups excluding carboxylic acids is 3. The van der Waals surface area contributed by atoms with E-state index in [-0.39, 0.29) is 24.1 Å². The monoisotopic (exact) mass is 254 g/mol. The van der Waals surface area contributed by atoms with Gasteiger partial charge in [-0.2, -0.15) is 0 Å². The van der Waals surface area contributed by atoms with Gasteiger partial charge in [0.25, 0.3) is 0 Å². The largest absolute Gasteiger partial charge is 0.466 e. The summed E-state index contributed by atoms with van der Waals surface area (Å²) >= 11 is 0. The Balaban J connectivity index is 0.000000184. The topological polar surface area (TPSA) is 82.2 Å². The van der Waals surface area contributed by atoms with Crippen LogP contribution in [0.1, 0.15) is 12.8 Å². The minimum Gasteiger partial charge on any atom is -0.466 e. The number of methoxy groups -OCH3 is 1. The predicted molar refractivity (Wildman–Crippen MR) is 60.4 cm³/mol. The van der Waals surface area contributed by atoms with Crippen LogP contribution in [0, 0.1) is 0 Å². The molecule has 0 spiro atoms. The lowest BCUT2D eigenvalue weighted by molar-refractivity contribution is -0.151. The summed E-state index contributed by atoms with van der Waals surface area (Å²) in [5, 5.41) is 0. The number of hydrogen-bond donors (Lipinski definition) is 0. The molecule has 2 heterocycles. The molecule has 0 bridgehead atoms. The first kappa shape index (κ1) is 14.1. The zero-order chi connectivity index (χ0) is 13.7. The molecule has 1 atom stereocenters. The highest BCUT2D eigenvalue weighted by atomic mass is 16.6. The fourth-order valence-corrected chi connectivity index (χ4v) is 1.15. The molecule has 2 fully saturated rings. The number of ether oxygens (including phenoxy) is 3. The predicted octanol–water partition coefficient (Wildman–Crippen LogP) is 0.521. The van der Waals surface area contributed by atoms with Gasteiger partial charge in [0.1, 0.15) is 0 Å². The van der Waals surface area contributed by atoms with E-state index in [0.29, 0.717) is 12.0 Å². The van der Waals surface area contributed by atoms with Gasteiger partial charge in [-0.1, -0.05) is 13.2 Å². The zero-order valence-electron chi connectivity index (χ0n) is 10.1. The summed E-state index contributed by atoms with van der Waals surface area (Å²) in [5.74, 6) is -1.43. The Kier molecular flexibility index (Phi) is 4.79. The Hall–Kier alpha value is -1.95. The van der Waals surface area contributed by atoms with Crippen molar-refractivity contribution in [3.63, 3.8) is 0 Å². The van der Waals surface area contributed by atoms with Gasteiger partial charge >= 0.3 is 17.9 Å². The van der Waals surface area contributed by atoms with Gasteiger partial charge in [-0.3, -0.25) is 4.79 Å². The number of hydrogen-bond acceptors (Lipinski definition) is 6. The molecule has 0 radical (unpaired) electrons. The van der Waals surface area contributed by atoms with E-state index in [1.165, 1.54) is 7.11 Å². The van der Waals surface area contributed by atoms with Crippen molar-refractivity contribution in [3.8, 4) is 0 Å².